The summed E-state index contributed by atoms with van der Waals surface area (Å²) >= 11 is 5.36. The maximum absolute atomic E-state index is 14.6. The van der Waals surface area contributed by atoms with E-state index < -0.39 is 55.1 Å². The highest BCUT2D eigenvalue weighted by Gasteiger charge is 2.44. The van der Waals surface area contributed by atoms with Crippen LogP contribution in [0.15, 0.2) is 22.8 Å². The van der Waals surface area contributed by atoms with E-state index in [1.165, 1.54) is 14.2 Å². The van der Waals surface area contributed by atoms with Crippen LogP contribution in [-0.2, 0) is 23.8 Å². The summed E-state index contributed by atoms with van der Waals surface area (Å²) in [4.78, 5) is 60.9. The van der Waals surface area contributed by atoms with Crippen molar-refractivity contribution in [2.75, 3.05) is 33.9 Å². The van der Waals surface area contributed by atoms with Crippen LogP contribution >= 0.6 is 12.2 Å². The molecule has 9 atom stereocenters. The fourth-order valence-electron chi connectivity index (χ4n) is 9.46. The number of hydrogen-bond acceptors (Lipinski definition) is 14. The number of amides is 1. The molecule has 0 spiro atoms. The van der Waals surface area contributed by atoms with Crippen molar-refractivity contribution in [2.24, 2.45) is 23.7 Å². The van der Waals surface area contributed by atoms with Crippen LogP contribution in [0.2, 0.25) is 0 Å². The Morgan fingerprint density at radius 1 is 0.815 bits per heavy atom. The molecule has 4 aliphatic heterocycles. The summed E-state index contributed by atoms with van der Waals surface area (Å²) in [5.74, 6) is -1.84. The fraction of sp³-hybridized carbons (Fsp3) is 0.543. The third-order valence-corrected chi connectivity index (χ3v) is 13.5. The molecule has 65 heavy (non-hydrogen) atoms. The molecule has 18 nitrogen and oxygen atoms in total. The number of rotatable bonds is 14. The molecule has 2 aromatic rings. The van der Waals surface area contributed by atoms with Crippen molar-refractivity contribution in [1.82, 2.24) is 36.6 Å². The normalized spacial score (nSPS) is 26.0. The smallest absolute Gasteiger partial charge is 0.310 e. The zero-order chi connectivity index (χ0) is 47.4. The number of esters is 2. The van der Waals surface area contributed by atoms with E-state index in [-0.39, 0.29) is 60.5 Å². The van der Waals surface area contributed by atoms with Gasteiger partial charge in [0.25, 0.3) is 5.91 Å². The molecule has 0 aliphatic carbocycles. The number of aliphatic hydroxyl groups is 4. The molecule has 3 saturated heterocycles. The lowest BCUT2D eigenvalue weighted by Gasteiger charge is -2.40. The molecule has 11 N–H and O–H groups in total. The number of H-pyrrole nitrogens is 2. The first-order valence-electron chi connectivity index (χ1n) is 22.1. The van der Waals surface area contributed by atoms with E-state index in [2.05, 4.69) is 50.4 Å². The number of carbonyl (C=O) groups is 4. The van der Waals surface area contributed by atoms with Crippen LogP contribution in [0.3, 0.4) is 0 Å². The molecular formula is C46H63N7O11S. The van der Waals surface area contributed by atoms with Crippen molar-refractivity contribution in [3.8, 4) is 0 Å². The monoisotopic (exact) mass is 921 g/mol. The van der Waals surface area contributed by atoms with Crippen molar-refractivity contribution < 1.29 is 53.8 Å². The summed E-state index contributed by atoms with van der Waals surface area (Å²) in [6, 6.07) is -1.17. The topological polar surface area (TPSA) is 269 Å². The average Bonchev–Trinajstić information content (AvgIpc) is 3.97. The molecule has 6 heterocycles. The zero-order valence-electron chi connectivity index (χ0n) is 38.1. The molecule has 0 aromatic carbocycles. The minimum Gasteiger partial charge on any atom is -0.469 e. The van der Waals surface area contributed by atoms with Gasteiger partial charge in [-0.25, -0.2) is 0 Å². The maximum atomic E-state index is 14.6. The highest BCUT2D eigenvalue weighted by Crippen LogP contribution is 2.44. The molecule has 1 amide bonds. The number of hydrogen-bond donors (Lipinski definition) is 11. The van der Waals surface area contributed by atoms with Gasteiger partial charge in [0, 0.05) is 88.5 Å². The molecule has 0 radical (unpaired) electrons. The van der Waals surface area contributed by atoms with Crippen LogP contribution in [0.25, 0.3) is 23.8 Å². The van der Waals surface area contributed by atoms with Gasteiger partial charge in [0.2, 0.25) is 0 Å². The summed E-state index contributed by atoms with van der Waals surface area (Å²) in [5, 5.41) is 56.5. The second-order valence-corrected chi connectivity index (χ2v) is 17.6. The van der Waals surface area contributed by atoms with Gasteiger partial charge < -0.3 is 71.2 Å². The van der Waals surface area contributed by atoms with E-state index in [0.29, 0.717) is 57.9 Å². The Morgan fingerprint density at radius 3 is 2.09 bits per heavy atom. The maximum Gasteiger partial charge on any atom is 0.310 e. The number of aliphatic hydroxyl groups excluding tert-OH is 4. The van der Waals surface area contributed by atoms with Crippen LogP contribution < -0.4 is 26.6 Å². The lowest BCUT2D eigenvalue weighted by atomic mass is 9.85. The molecule has 6 rings (SSSR count). The van der Waals surface area contributed by atoms with E-state index >= 15 is 0 Å². The molecular weight excluding hydrogens is 859 g/mol. The SMILES string of the molecule is CC[C@H]1C2=Cc3[nH]c(c(C(=O)NCCCNC(=S)NC4C(O)OC(CO)C(O)C4O)c3C)C(CC(=O)OC)=C3NC(=Cc4[nH]c(c(C(C)=O)c4C)C=C(N2)[C@@H]1C)[C@@H](C)[C@@H]3CCC(=O)OC. The Bertz CT molecular complexity index is 2310. The fourth-order valence-corrected chi connectivity index (χ4v) is 9.70. The quantitative estimate of drug-likeness (QED) is 0.0563. The first kappa shape index (κ1) is 49.1. The molecule has 8 bridgehead atoms. The number of thiocarbonyl (C=S) groups is 1. The Kier molecular flexibility index (Phi) is 15.8. The number of carbonyl (C=O) groups excluding carboxylic acids is 4. The number of Topliss-reactive ketones (excluding diaryl/α,β-unsaturated/α-hetero) is 1. The van der Waals surface area contributed by atoms with E-state index in [4.69, 9.17) is 26.4 Å². The molecule has 5 unspecified atom stereocenters. The standard InChI is InChI=1S/C46H63N7O11S/c1-9-25-20(2)28-18-33-37(24(6)55)22(4)30(50-33)16-29-21(3)26(11-12-35(56)62-7)39(51-29)27(15-36(57)63-8)40-38(23(5)31(52-40)17-32(25)49-28)44(60)47-13-10-14-48-46(65)53-41-43(59)42(58)34(19-54)64-45(41)61/h16-18,20-21,25-26,34,41-43,45,49-52,54,58-59,61H,9-15,19H2,1-8H3,(H,47,60)(H2,48,53,65)/t20-,21+,25-,26+,34?,41?,42?,43?,45?/m1/s1. The lowest BCUT2D eigenvalue weighted by Crippen LogP contribution is -2.65. The number of aromatic nitrogens is 2. The minimum absolute atomic E-state index is 0.0583. The van der Waals surface area contributed by atoms with Gasteiger partial charge in [-0.05, 0) is 81.6 Å². The summed E-state index contributed by atoms with van der Waals surface area (Å²) in [7, 11) is 2.64. The molecule has 4 aliphatic rings. The Labute approximate surface area is 383 Å². The highest BCUT2D eigenvalue weighted by atomic mass is 32.1. The molecule has 3 fully saturated rings. The van der Waals surface area contributed by atoms with Crippen molar-refractivity contribution >= 4 is 64.8 Å². The largest absolute Gasteiger partial charge is 0.469 e. The van der Waals surface area contributed by atoms with Crippen molar-refractivity contribution in [1.29, 1.82) is 0 Å². The second kappa shape index (κ2) is 20.9. The summed E-state index contributed by atoms with van der Waals surface area (Å²) in [5.41, 5.74) is 8.57. The van der Waals surface area contributed by atoms with Crippen molar-refractivity contribution in [3.05, 3.63) is 67.8 Å². The first-order valence-corrected chi connectivity index (χ1v) is 22.5. The third-order valence-electron chi connectivity index (χ3n) is 13.2. The van der Waals surface area contributed by atoms with Crippen LogP contribution in [0, 0.1) is 37.5 Å². The summed E-state index contributed by atoms with van der Waals surface area (Å²) < 4.78 is 15.5. The van der Waals surface area contributed by atoms with E-state index in [1.807, 2.05) is 39.0 Å². The van der Waals surface area contributed by atoms with Gasteiger partial charge in [0.1, 0.15) is 24.4 Å². The van der Waals surface area contributed by atoms with Gasteiger partial charge in [0.05, 0.1) is 44.2 Å². The predicted octanol–water partition coefficient (Wildman–Crippen LogP) is 2.63. The Morgan fingerprint density at radius 2 is 1.43 bits per heavy atom. The minimum atomic E-state index is -1.55. The summed E-state index contributed by atoms with van der Waals surface area (Å²) in [6.07, 6.45) is 1.76. The first-order chi connectivity index (χ1) is 30.9. The molecule has 354 valence electrons. The van der Waals surface area contributed by atoms with Crippen LogP contribution in [0.4, 0.5) is 0 Å². The number of ether oxygens (including phenoxy) is 3. The van der Waals surface area contributed by atoms with Crippen LogP contribution in [-0.4, -0.2) is 124 Å². The predicted molar refractivity (Wildman–Crippen MR) is 246 cm³/mol. The third kappa shape index (κ3) is 10.2. The Hall–Kier alpha value is -5.31. The van der Waals surface area contributed by atoms with Gasteiger partial charge in [-0.1, -0.05) is 20.8 Å². The number of fused-ring (bicyclic) bond motifs is 8. The van der Waals surface area contributed by atoms with E-state index in [9.17, 15) is 39.6 Å². The summed E-state index contributed by atoms with van der Waals surface area (Å²) in [6.45, 7) is 11.5. The number of nitrogens with one attached hydrogen (secondary N) is 7. The van der Waals surface area contributed by atoms with Crippen LogP contribution in [0.1, 0.15) is 114 Å². The molecule has 2 aromatic heterocycles. The molecule has 0 saturated carbocycles. The van der Waals surface area contributed by atoms with Crippen LogP contribution in [0.5, 0.6) is 0 Å². The van der Waals surface area contributed by atoms with Gasteiger partial charge in [0.15, 0.2) is 17.2 Å². The molecule has 19 heteroatoms. The Balaban J connectivity index is 1.39. The number of allylic oxidation sites excluding steroid dienone is 4. The number of ketones is 1. The lowest BCUT2D eigenvalue weighted by molar-refractivity contribution is -0.252. The van der Waals surface area contributed by atoms with Crippen molar-refractivity contribution in [3.63, 3.8) is 0 Å². The second-order valence-electron chi connectivity index (χ2n) is 17.2. The van der Waals surface area contributed by atoms with Gasteiger partial charge in [-0.15, -0.1) is 0 Å². The van der Waals surface area contributed by atoms with Gasteiger partial charge in [-0.2, -0.15) is 0 Å². The highest BCUT2D eigenvalue weighted by molar-refractivity contribution is 7.80. The van der Waals surface area contributed by atoms with Gasteiger partial charge >= 0.3 is 11.9 Å². The average molecular weight is 922 g/mol. The van der Waals surface area contributed by atoms with Gasteiger partial charge in [-0.3, -0.25) is 19.2 Å². The van der Waals surface area contributed by atoms with E-state index in [0.717, 1.165) is 34.8 Å². The van der Waals surface area contributed by atoms with Crippen molar-refractivity contribution in [2.45, 2.75) is 104 Å². The zero-order valence-corrected chi connectivity index (χ0v) is 39.0. The van der Waals surface area contributed by atoms with E-state index in [1.54, 1.807) is 6.92 Å². The number of methoxy groups -OCH3 is 2. The number of aromatic amines is 2.